The van der Waals surface area contributed by atoms with Crippen LogP contribution in [0.2, 0.25) is 0 Å². The van der Waals surface area contributed by atoms with Gasteiger partial charge < -0.3 is 10.1 Å². The van der Waals surface area contributed by atoms with Gasteiger partial charge in [0.05, 0.1) is 9.61 Å². The lowest BCUT2D eigenvalue weighted by Gasteiger charge is -2.19. The number of rotatable bonds is 6. The Kier molecular flexibility index (Phi) is 5.20. The van der Waals surface area contributed by atoms with E-state index in [1.807, 2.05) is 24.3 Å². The highest BCUT2D eigenvalue weighted by atomic mass is 127. The molecule has 1 amide bonds. The summed E-state index contributed by atoms with van der Waals surface area (Å²) in [6, 6.07) is 16.2. The van der Waals surface area contributed by atoms with Crippen molar-refractivity contribution in [1.29, 1.82) is 0 Å². The third kappa shape index (κ3) is 4.47. The highest BCUT2D eigenvalue weighted by Crippen LogP contribution is 2.41. The van der Waals surface area contributed by atoms with Gasteiger partial charge in [0, 0.05) is 0 Å². The maximum absolute atomic E-state index is 12.3. The first-order chi connectivity index (χ1) is 11.1. The van der Waals surface area contributed by atoms with Crippen LogP contribution in [0.25, 0.3) is 0 Å². The summed E-state index contributed by atoms with van der Waals surface area (Å²) in [6.07, 6.45) is 2.35. The molecule has 1 aliphatic carbocycles. The van der Waals surface area contributed by atoms with Crippen molar-refractivity contribution in [3.05, 3.63) is 63.2 Å². The van der Waals surface area contributed by atoms with Crippen LogP contribution in [0, 0.1) is 16.4 Å². The molecule has 0 radical (unpaired) electrons. The summed E-state index contributed by atoms with van der Waals surface area (Å²) in [5, 5.41) is 3.14. The van der Waals surface area contributed by atoms with E-state index in [0.29, 0.717) is 5.92 Å². The molecule has 1 N–H and O–H groups in total. The van der Waals surface area contributed by atoms with E-state index in [2.05, 4.69) is 59.1 Å². The normalized spacial score (nSPS) is 15.0. The number of carbonyl (C=O) groups excluding carboxylic acids is 1. The highest BCUT2D eigenvalue weighted by Gasteiger charge is 2.33. The Bertz CT molecular complexity index is 680. The van der Waals surface area contributed by atoms with Crippen LogP contribution in [0.3, 0.4) is 0 Å². The Morgan fingerprint density at radius 3 is 2.57 bits per heavy atom. The molecule has 2 aromatic carbocycles. The molecule has 2 aromatic rings. The molecule has 23 heavy (non-hydrogen) atoms. The van der Waals surface area contributed by atoms with Gasteiger partial charge in [-0.1, -0.05) is 42.0 Å². The van der Waals surface area contributed by atoms with Crippen molar-refractivity contribution in [3.63, 3.8) is 0 Å². The molecule has 0 aromatic heterocycles. The van der Waals surface area contributed by atoms with E-state index in [0.717, 1.165) is 9.32 Å². The van der Waals surface area contributed by atoms with E-state index in [9.17, 15) is 4.79 Å². The van der Waals surface area contributed by atoms with Crippen molar-refractivity contribution >= 4 is 28.5 Å². The molecule has 120 valence electrons. The second kappa shape index (κ2) is 7.34. The molecule has 3 nitrogen and oxygen atoms in total. The Morgan fingerprint density at radius 2 is 1.91 bits per heavy atom. The lowest BCUT2D eigenvalue weighted by Crippen LogP contribution is -2.33. The first-order valence-electron chi connectivity index (χ1n) is 7.87. The summed E-state index contributed by atoms with van der Waals surface area (Å²) in [6.45, 7) is 2.12. The van der Waals surface area contributed by atoms with Gasteiger partial charge in [-0.15, -0.1) is 0 Å². The van der Waals surface area contributed by atoms with Crippen LogP contribution in [0.5, 0.6) is 5.75 Å². The molecule has 1 atom stereocenters. The van der Waals surface area contributed by atoms with E-state index in [-0.39, 0.29) is 18.6 Å². The fourth-order valence-electron chi connectivity index (χ4n) is 2.60. The van der Waals surface area contributed by atoms with Gasteiger partial charge in [-0.3, -0.25) is 4.79 Å². The zero-order valence-corrected chi connectivity index (χ0v) is 15.2. The Labute approximate surface area is 150 Å². The quantitative estimate of drug-likeness (QED) is 0.709. The second-order valence-corrected chi connectivity index (χ2v) is 7.17. The van der Waals surface area contributed by atoms with Gasteiger partial charge in [0.1, 0.15) is 5.75 Å². The van der Waals surface area contributed by atoms with E-state index in [1.165, 1.54) is 24.0 Å². The van der Waals surface area contributed by atoms with E-state index in [4.69, 9.17) is 4.74 Å². The number of hydrogen-bond acceptors (Lipinski definition) is 2. The minimum atomic E-state index is -0.0675. The molecule has 0 spiro atoms. The lowest BCUT2D eigenvalue weighted by molar-refractivity contribution is -0.124. The monoisotopic (exact) mass is 421 g/mol. The molecule has 0 aliphatic heterocycles. The number of para-hydroxylation sites is 1. The predicted octanol–water partition coefficient (Wildman–Crippen LogP) is 4.25. The van der Waals surface area contributed by atoms with Crippen molar-refractivity contribution in [1.82, 2.24) is 5.32 Å². The largest absolute Gasteiger partial charge is 0.483 e. The standard InChI is InChI=1S/C19H20INO2/c1-13-6-8-14(9-7-13)19(15-10-11-15)21-18(22)12-23-17-5-3-2-4-16(17)20/h2-9,15,19H,10-12H2,1H3,(H,21,22). The third-order valence-corrected chi connectivity index (χ3v) is 4.93. The third-order valence-electron chi connectivity index (χ3n) is 4.04. The number of amides is 1. The summed E-state index contributed by atoms with van der Waals surface area (Å²) in [5.41, 5.74) is 2.41. The Balaban J connectivity index is 1.61. The van der Waals surface area contributed by atoms with Crippen LogP contribution in [-0.2, 0) is 4.79 Å². The van der Waals surface area contributed by atoms with Crippen molar-refractivity contribution < 1.29 is 9.53 Å². The summed E-state index contributed by atoms with van der Waals surface area (Å²) in [4.78, 5) is 12.3. The highest BCUT2D eigenvalue weighted by molar-refractivity contribution is 14.1. The molecule has 1 unspecified atom stereocenters. The molecule has 1 aliphatic rings. The lowest BCUT2D eigenvalue weighted by atomic mass is 10.0. The van der Waals surface area contributed by atoms with Crippen molar-refractivity contribution in [2.24, 2.45) is 5.92 Å². The van der Waals surface area contributed by atoms with Crippen LogP contribution in [0.1, 0.15) is 30.0 Å². The fraction of sp³-hybridized carbons (Fsp3) is 0.316. The van der Waals surface area contributed by atoms with Crippen LogP contribution < -0.4 is 10.1 Å². The van der Waals surface area contributed by atoms with Crippen LogP contribution in [-0.4, -0.2) is 12.5 Å². The Morgan fingerprint density at radius 1 is 1.22 bits per heavy atom. The topological polar surface area (TPSA) is 38.3 Å². The van der Waals surface area contributed by atoms with Crippen LogP contribution in [0.4, 0.5) is 0 Å². The number of halogens is 1. The van der Waals surface area contributed by atoms with Crippen molar-refractivity contribution in [2.75, 3.05) is 6.61 Å². The molecular weight excluding hydrogens is 401 g/mol. The van der Waals surface area contributed by atoms with Gasteiger partial charge in [-0.05, 0) is 66.0 Å². The number of benzene rings is 2. The summed E-state index contributed by atoms with van der Waals surface area (Å²) in [7, 11) is 0. The molecule has 0 heterocycles. The summed E-state index contributed by atoms with van der Waals surface area (Å²) >= 11 is 2.21. The zero-order chi connectivity index (χ0) is 16.2. The molecule has 1 saturated carbocycles. The Hall–Kier alpha value is -1.56. The van der Waals surface area contributed by atoms with Gasteiger partial charge in [0.2, 0.25) is 0 Å². The average molecular weight is 421 g/mol. The maximum atomic E-state index is 12.3. The molecule has 3 rings (SSSR count). The first kappa shape index (κ1) is 16.3. The average Bonchev–Trinajstić information content (AvgIpc) is 3.38. The smallest absolute Gasteiger partial charge is 0.258 e. The molecular formula is C19H20INO2. The van der Waals surface area contributed by atoms with Gasteiger partial charge in [0.25, 0.3) is 5.91 Å². The van der Waals surface area contributed by atoms with Crippen molar-refractivity contribution in [2.45, 2.75) is 25.8 Å². The number of carbonyl (C=O) groups is 1. The molecule has 0 bridgehead atoms. The first-order valence-corrected chi connectivity index (χ1v) is 8.94. The number of hydrogen-bond donors (Lipinski definition) is 1. The van der Waals surface area contributed by atoms with Gasteiger partial charge in [-0.25, -0.2) is 0 Å². The maximum Gasteiger partial charge on any atom is 0.258 e. The SMILES string of the molecule is Cc1ccc(C(NC(=O)COc2ccccc2I)C2CC2)cc1. The van der Waals surface area contributed by atoms with Gasteiger partial charge in [0.15, 0.2) is 6.61 Å². The van der Waals surface area contributed by atoms with Crippen molar-refractivity contribution in [3.8, 4) is 5.75 Å². The van der Waals surface area contributed by atoms with E-state index < -0.39 is 0 Å². The fourth-order valence-corrected chi connectivity index (χ4v) is 3.14. The molecule has 1 fully saturated rings. The van der Waals surface area contributed by atoms with Crippen LogP contribution in [0.15, 0.2) is 48.5 Å². The minimum Gasteiger partial charge on any atom is -0.483 e. The van der Waals surface area contributed by atoms with E-state index in [1.54, 1.807) is 0 Å². The summed E-state index contributed by atoms with van der Waals surface area (Å²) in [5.74, 6) is 1.24. The van der Waals surface area contributed by atoms with Gasteiger partial charge in [-0.2, -0.15) is 0 Å². The number of ether oxygens (including phenoxy) is 1. The predicted molar refractivity (Wildman–Crippen MR) is 99.4 cm³/mol. The van der Waals surface area contributed by atoms with Gasteiger partial charge >= 0.3 is 0 Å². The minimum absolute atomic E-state index is 0.0507. The number of aryl methyl sites for hydroxylation is 1. The van der Waals surface area contributed by atoms with E-state index >= 15 is 0 Å². The summed E-state index contributed by atoms with van der Waals surface area (Å²) < 4.78 is 6.64. The van der Waals surface area contributed by atoms with Crippen LogP contribution >= 0.6 is 22.6 Å². The zero-order valence-electron chi connectivity index (χ0n) is 13.1. The second-order valence-electron chi connectivity index (χ2n) is 6.01. The number of nitrogens with one attached hydrogen (secondary N) is 1. The molecule has 0 saturated heterocycles. The molecule has 4 heteroatoms.